The number of piperidine rings is 1. The van der Waals surface area contributed by atoms with E-state index in [1.807, 2.05) is 11.8 Å². The first-order chi connectivity index (χ1) is 9.25. The van der Waals surface area contributed by atoms with Gasteiger partial charge in [-0.3, -0.25) is 4.98 Å². The van der Waals surface area contributed by atoms with Crippen LogP contribution >= 0.6 is 0 Å². The lowest BCUT2D eigenvalue weighted by Crippen LogP contribution is -2.46. The van der Waals surface area contributed by atoms with E-state index >= 15 is 0 Å². The van der Waals surface area contributed by atoms with E-state index in [1.54, 1.807) is 12.4 Å². The van der Waals surface area contributed by atoms with Gasteiger partial charge in [0, 0.05) is 44.6 Å². The molecule has 0 radical (unpaired) electrons. The quantitative estimate of drug-likeness (QED) is 0.854. The van der Waals surface area contributed by atoms with E-state index in [1.165, 1.54) is 0 Å². The molecular weight excluding hydrogens is 242 g/mol. The van der Waals surface area contributed by atoms with Gasteiger partial charge >= 0.3 is 6.03 Å². The molecule has 3 rings (SSSR count). The molecule has 0 aliphatic carbocycles. The molecule has 2 aliphatic rings. The highest BCUT2D eigenvalue weighted by Crippen LogP contribution is 2.23. The minimum Gasteiger partial charge on any atom is -0.355 e. The molecule has 19 heavy (non-hydrogen) atoms. The molecular formula is C13H19N5O. The van der Waals surface area contributed by atoms with E-state index in [0.717, 1.165) is 50.5 Å². The number of nitrogens with zero attached hydrogens (tertiary/aromatic N) is 4. The Kier molecular flexibility index (Phi) is 3.23. The molecule has 0 bridgehead atoms. The van der Waals surface area contributed by atoms with E-state index in [2.05, 4.69) is 20.2 Å². The molecule has 102 valence electrons. The maximum atomic E-state index is 11.7. The minimum absolute atomic E-state index is 0.0918. The molecule has 2 saturated heterocycles. The van der Waals surface area contributed by atoms with Crippen molar-refractivity contribution in [3.8, 4) is 0 Å². The zero-order valence-electron chi connectivity index (χ0n) is 11.2. The molecule has 2 fully saturated rings. The summed E-state index contributed by atoms with van der Waals surface area (Å²) in [4.78, 5) is 24.6. The third kappa shape index (κ3) is 2.34. The number of carbonyl (C=O) groups is 1. The number of carbonyl (C=O) groups excluding carboxylic acids is 1. The number of urea groups is 1. The monoisotopic (exact) mass is 261 g/mol. The fourth-order valence-electron chi connectivity index (χ4n) is 2.93. The lowest BCUT2D eigenvalue weighted by atomic mass is 10.0. The molecule has 6 nitrogen and oxygen atoms in total. The minimum atomic E-state index is 0.0918. The first-order valence-electron chi connectivity index (χ1n) is 6.83. The van der Waals surface area contributed by atoms with Crippen LogP contribution in [0.25, 0.3) is 0 Å². The number of nitrogens with one attached hydrogen (secondary N) is 1. The van der Waals surface area contributed by atoms with Crippen molar-refractivity contribution in [1.82, 2.24) is 20.2 Å². The van der Waals surface area contributed by atoms with E-state index in [0.29, 0.717) is 6.04 Å². The van der Waals surface area contributed by atoms with Crippen molar-refractivity contribution < 1.29 is 4.79 Å². The van der Waals surface area contributed by atoms with Crippen molar-refractivity contribution in [2.24, 2.45) is 0 Å². The molecule has 1 aromatic rings. The molecule has 0 spiro atoms. The van der Waals surface area contributed by atoms with Crippen LogP contribution in [0.4, 0.5) is 10.6 Å². The standard InChI is InChI=1S/C13H19N5O/c1-10-12(15-5-4-14-10)17-7-2-11(3-8-17)18-9-6-16-13(18)19/h4-5,11H,2-3,6-9H2,1H3,(H,16,19). The van der Waals surface area contributed by atoms with Gasteiger partial charge in [0.15, 0.2) is 0 Å². The maximum absolute atomic E-state index is 11.7. The molecule has 2 aliphatic heterocycles. The van der Waals surface area contributed by atoms with Gasteiger partial charge in [-0.15, -0.1) is 0 Å². The molecule has 0 atom stereocenters. The fourth-order valence-corrected chi connectivity index (χ4v) is 2.93. The first kappa shape index (κ1) is 12.2. The van der Waals surface area contributed by atoms with E-state index < -0.39 is 0 Å². The Labute approximate surface area is 112 Å². The molecule has 2 amide bonds. The zero-order chi connectivity index (χ0) is 13.2. The predicted molar refractivity (Wildman–Crippen MR) is 72.1 cm³/mol. The van der Waals surface area contributed by atoms with Gasteiger partial charge < -0.3 is 15.1 Å². The summed E-state index contributed by atoms with van der Waals surface area (Å²) in [6.45, 7) is 5.49. The summed E-state index contributed by atoms with van der Waals surface area (Å²) in [5, 5.41) is 2.87. The highest BCUT2D eigenvalue weighted by atomic mass is 16.2. The van der Waals surface area contributed by atoms with Crippen molar-refractivity contribution in [3.05, 3.63) is 18.1 Å². The van der Waals surface area contributed by atoms with Gasteiger partial charge in [-0.05, 0) is 19.8 Å². The Bertz CT molecular complexity index is 470. The third-order valence-electron chi connectivity index (χ3n) is 3.95. The zero-order valence-corrected chi connectivity index (χ0v) is 11.2. The Morgan fingerprint density at radius 2 is 1.95 bits per heavy atom. The Morgan fingerprint density at radius 3 is 2.58 bits per heavy atom. The summed E-state index contributed by atoms with van der Waals surface area (Å²) >= 11 is 0. The second kappa shape index (κ2) is 5.03. The SMILES string of the molecule is Cc1nccnc1N1CCC(N2CCNC2=O)CC1. The average molecular weight is 261 g/mol. The summed E-state index contributed by atoms with van der Waals surface area (Å²) in [5.74, 6) is 0.979. The third-order valence-corrected chi connectivity index (χ3v) is 3.95. The number of aryl methyl sites for hydroxylation is 1. The normalized spacial score (nSPS) is 20.8. The number of amides is 2. The van der Waals surface area contributed by atoms with Gasteiger partial charge in [-0.1, -0.05) is 0 Å². The summed E-state index contributed by atoms with van der Waals surface area (Å²) in [6.07, 6.45) is 5.47. The molecule has 1 N–H and O–H groups in total. The molecule has 6 heteroatoms. The number of rotatable bonds is 2. The van der Waals surface area contributed by atoms with Gasteiger partial charge in [-0.2, -0.15) is 0 Å². The molecule has 0 saturated carbocycles. The van der Waals surface area contributed by atoms with Gasteiger partial charge in [0.2, 0.25) is 0 Å². The van der Waals surface area contributed by atoms with Crippen molar-refractivity contribution in [3.63, 3.8) is 0 Å². The lowest BCUT2D eigenvalue weighted by Gasteiger charge is -2.36. The van der Waals surface area contributed by atoms with Crippen LogP contribution in [0, 0.1) is 6.92 Å². The van der Waals surface area contributed by atoms with Crippen LogP contribution in [0.5, 0.6) is 0 Å². The van der Waals surface area contributed by atoms with Crippen LogP contribution < -0.4 is 10.2 Å². The predicted octanol–water partition coefficient (Wildman–Crippen LogP) is 0.779. The number of anilines is 1. The Balaban J connectivity index is 1.63. The van der Waals surface area contributed by atoms with Gasteiger partial charge in [0.1, 0.15) is 5.82 Å². The second-order valence-electron chi connectivity index (χ2n) is 5.11. The van der Waals surface area contributed by atoms with Crippen LogP contribution in [0.1, 0.15) is 18.5 Å². The fraction of sp³-hybridized carbons (Fsp3) is 0.615. The first-order valence-corrected chi connectivity index (χ1v) is 6.83. The van der Waals surface area contributed by atoms with Crippen LogP contribution in [-0.2, 0) is 0 Å². The van der Waals surface area contributed by atoms with E-state index in [-0.39, 0.29) is 6.03 Å². The van der Waals surface area contributed by atoms with Crippen LogP contribution in [-0.4, -0.2) is 53.1 Å². The van der Waals surface area contributed by atoms with Crippen LogP contribution in [0.15, 0.2) is 12.4 Å². The van der Waals surface area contributed by atoms with Crippen LogP contribution in [0.2, 0.25) is 0 Å². The van der Waals surface area contributed by atoms with Gasteiger partial charge in [0.05, 0.1) is 5.69 Å². The molecule has 0 unspecified atom stereocenters. The summed E-state index contributed by atoms with van der Waals surface area (Å²) in [5.41, 5.74) is 0.972. The largest absolute Gasteiger partial charge is 0.355 e. The lowest BCUT2D eigenvalue weighted by molar-refractivity contribution is 0.186. The van der Waals surface area contributed by atoms with Crippen molar-refractivity contribution in [1.29, 1.82) is 0 Å². The van der Waals surface area contributed by atoms with E-state index in [4.69, 9.17) is 0 Å². The molecule has 3 heterocycles. The number of aromatic nitrogens is 2. The maximum Gasteiger partial charge on any atom is 0.317 e. The molecule has 0 aromatic carbocycles. The highest BCUT2D eigenvalue weighted by molar-refractivity contribution is 5.76. The van der Waals surface area contributed by atoms with Crippen LogP contribution in [0.3, 0.4) is 0 Å². The van der Waals surface area contributed by atoms with Gasteiger partial charge in [0.25, 0.3) is 0 Å². The van der Waals surface area contributed by atoms with E-state index in [9.17, 15) is 4.79 Å². The summed E-state index contributed by atoms with van der Waals surface area (Å²) in [6, 6.07) is 0.463. The van der Waals surface area contributed by atoms with Crippen molar-refractivity contribution >= 4 is 11.8 Å². The van der Waals surface area contributed by atoms with Gasteiger partial charge in [-0.25, -0.2) is 9.78 Å². The highest BCUT2D eigenvalue weighted by Gasteiger charge is 2.31. The molecule has 1 aromatic heterocycles. The average Bonchev–Trinajstić information content (AvgIpc) is 2.86. The smallest absolute Gasteiger partial charge is 0.317 e. The van der Waals surface area contributed by atoms with Crippen molar-refractivity contribution in [2.45, 2.75) is 25.8 Å². The van der Waals surface area contributed by atoms with Crippen molar-refractivity contribution in [2.75, 3.05) is 31.1 Å². The topological polar surface area (TPSA) is 61.4 Å². The Morgan fingerprint density at radius 1 is 1.21 bits per heavy atom. The second-order valence-corrected chi connectivity index (χ2v) is 5.11. The number of hydrogen-bond donors (Lipinski definition) is 1. The Hall–Kier alpha value is -1.85. The summed E-state index contributed by atoms with van der Waals surface area (Å²) in [7, 11) is 0. The summed E-state index contributed by atoms with van der Waals surface area (Å²) < 4.78 is 0. The number of hydrogen-bond acceptors (Lipinski definition) is 4.